The molecule has 2 rings (SSSR count). The van der Waals surface area contributed by atoms with Crippen LogP contribution in [0.25, 0.3) is 0 Å². The van der Waals surface area contributed by atoms with Crippen molar-refractivity contribution in [1.29, 1.82) is 0 Å². The third-order valence-corrected chi connectivity index (χ3v) is 3.55. The third kappa shape index (κ3) is 3.72. The zero-order chi connectivity index (χ0) is 12.8. The normalized spacial score (nSPS) is 23.9. The summed E-state index contributed by atoms with van der Waals surface area (Å²) in [6, 6.07) is 8.88. The van der Waals surface area contributed by atoms with E-state index in [1.54, 1.807) is 0 Å². The minimum Gasteiger partial charge on any atom is -0.396 e. The number of anilines is 1. The van der Waals surface area contributed by atoms with E-state index in [1.165, 1.54) is 11.3 Å². The van der Waals surface area contributed by atoms with Crippen LogP contribution in [0.15, 0.2) is 24.3 Å². The molecule has 1 heterocycles. The Labute approximate surface area is 109 Å². The van der Waals surface area contributed by atoms with Crippen LogP contribution < -0.4 is 5.32 Å². The van der Waals surface area contributed by atoms with Crippen molar-refractivity contribution in [2.45, 2.75) is 44.8 Å². The van der Waals surface area contributed by atoms with E-state index in [9.17, 15) is 0 Å². The fraction of sp³-hybridized carbons (Fsp3) is 0.600. The second-order valence-electron chi connectivity index (χ2n) is 4.94. The molecule has 0 radical (unpaired) electrons. The predicted molar refractivity (Wildman–Crippen MR) is 73.9 cm³/mol. The van der Waals surface area contributed by atoms with Crippen LogP contribution in [0, 0.1) is 0 Å². The number of nitrogens with one attached hydrogen (secondary N) is 1. The first-order chi connectivity index (χ1) is 8.81. The zero-order valence-corrected chi connectivity index (χ0v) is 11.1. The molecule has 0 spiro atoms. The Hall–Kier alpha value is -1.06. The van der Waals surface area contributed by atoms with E-state index in [-0.39, 0.29) is 6.61 Å². The Kier molecular flexibility index (Phi) is 5.02. The van der Waals surface area contributed by atoms with Crippen LogP contribution in [0.1, 0.15) is 31.7 Å². The highest BCUT2D eigenvalue weighted by Crippen LogP contribution is 2.20. The zero-order valence-electron chi connectivity index (χ0n) is 11.1. The summed E-state index contributed by atoms with van der Waals surface area (Å²) in [6.07, 6.45) is 4.40. The van der Waals surface area contributed by atoms with Crippen LogP contribution in [0.2, 0.25) is 0 Å². The molecule has 18 heavy (non-hydrogen) atoms. The number of hydrogen-bond donors (Lipinski definition) is 2. The maximum atomic E-state index is 8.88. The molecule has 0 saturated carbocycles. The standard InChI is InChI=1S/C15H23NO2/c1-2-15-11-14(8-10-18-15)16-13-5-3-12(4-6-13)7-9-17/h3-6,14-17H,2,7-11H2,1H3. The van der Waals surface area contributed by atoms with Crippen molar-refractivity contribution in [1.82, 2.24) is 0 Å². The number of hydrogen-bond acceptors (Lipinski definition) is 3. The molecule has 0 bridgehead atoms. The maximum Gasteiger partial charge on any atom is 0.0592 e. The largest absolute Gasteiger partial charge is 0.396 e. The number of rotatable bonds is 5. The van der Waals surface area contributed by atoms with E-state index < -0.39 is 0 Å². The van der Waals surface area contributed by atoms with Crippen molar-refractivity contribution in [3.05, 3.63) is 29.8 Å². The highest BCUT2D eigenvalue weighted by Gasteiger charge is 2.20. The van der Waals surface area contributed by atoms with Gasteiger partial charge in [-0.1, -0.05) is 19.1 Å². The quantitative estimate of drug-likeness (QED) is 0.843. The highest BCUT2D eigenvalue weighted by molar-refractivity contribution is 5.45. The first-order valence-corrected chi connectivity index (χ1v) is 6.89. The Morgan fingerprint density at radius 3 is 2.78 bits per heavy atom. The van der Waals surface area contributed by atoms with Crippen molar-refractivity contribution in [2.24, 2.45) is 0 Å². The van der Waals surface area contributed by atoms with Crippen LogP contribution in [0.4, 0.5) is 5.69 Å². The Balaban J connectivity index is 1.88. The molecule has 0 amide bonds. The lowest BCUT2D eigenvalue weighted by Gasteiger charge is -2.30. The van der Waals surface area contributed by atoms with E-state index in [0.717, 1.165) is 32.3 Å². The van der Waals surface area contributed by atoms with Gasteiger partial charge in [0.2, 0.25) is 0 Å². The molecule has 1 aliphatic rings. The molecule has 100 valence electrons. The van der Waals surface area contributed by atoms with Gasteiger partial charge in [0.25, 0.3) is 0 Å². The van der Waals surface area contributed by atoms with E-state index in [2.05, 4.69) is 36.5 Å². The van der Waals surface area contributed by atoms with Gasteiger partial charge in [0.05, 0.1) is 6.10 Å². The fourth-order valence-electron chi connectivity index (χ4n) is 2.43. The van der Waals surface area contributed by atoms with E-state index in [0.29, 0.717) is 12.1 Å². The first-order valence-electron chi connectivity index (χ1n) is 6.89. The van der Waals surface area contributed by atoms with Crippen LogP contribution >= 0.6 is 0 Å². The summed E-state index contributed by atoms with van der Waals surface area (Å²) in [6.45, 7) is 3.25. The SMILES string of the molecule is CCC1CC(Nc2ccc(CCO)cc2)CCO1. The number of aliphatic hydroxyl groups is 1. The summed E-state index contributed by atoms with van der Waals surface area (Å²) in [5.41, 5.74) is 2.35. The van der Waals surface area contributed by atoms with Gasteiger partial charge in [-0.3, -0.25) is 0 Å². The van der Waals surface area contributed by atoms with Gasteiger partial charge in [-0.25, -0.2) is 0 Å². The molecule has 1 saturated heterocycles. The molecule has 3 heteroatoms. The molecule has 1 aromatic rings. The topological polar surface area (TPSA) is 41.5 Å². The number of aliphatic hydroxyl groups excluding tert-OH is 1. The summed E-state index contributed by atoms with van der Waals surface area (Å²) < 4.78 is 5.68. The Bertz CT molecular complexity index is 350. The molecule has 2 atom stereocenters. The highest BCUT2D eigenvalue weighted by atomic mass is 16.5. The van der Waals surface area contributed by atoms with Gasteiger partial charge in [0, 0.05) is 24.9 Å². The molecular weight excluding hydrogens is 226 g/mol. The van der Waals surface area contributed by atoms with Gasteiger partial charge in [0.1, 0.15) is 0 Å². The molecule has 1 aromatic carbocycles. The van der Waals surface area contributed by atoms with Crippen LogP contribution in [0.5, 0.6) is 0 Å². The van der Waals surface area contributed by atoms with Gasteiger partial charge in [0.15, 0.2) is 0 Å². The van der Waals surface area contributed by atoms with Crippen molar-refractivity contribution < 1.29 is 9.84 Å². The monoisotopic (exact) mass is 249 g/mol. The van der Waals surface area contributed by atoms with E-state index in [4.69, 9.17) is 9.84 Å². The van der Waals surface area contributed by atoms with Gasteiger partial charge in [-0.2, -0.15) is 0 Å². The fourth-order valence-corrected chi connectivity index (χ4v) is 2.43. The summed E-state index contributed by atoms with van der Waals surface area (Å²) in [7, 11) is 0. The molecule has 0 aliphatic carbocycles. The smallest absolute Gasteiger partial charge is 0.0592 e. The summed E-state index contributed by atoms with van der Waals surface area (Å²) >= 11 is 0. The second kappa shape index (κ2) is 6.76. The molecule has 2 unspecified atom stereocenters. The summed E-state index contributed by atoms with van der Waals surface area (Å²) in [4.78, 5) is 0. The summed E-state index contributed by atoms with van der Waals surface area (Å²) in [5.74, 6) is 0. The minimum absolute atomic E-state index is 0.213. The van der Waals surface area contributed by atoms with Crippen molar-refractivity contribution in [3.63, 3.8) is 0 Å². The van der Waals surface area contributed by atoms with Crippen molar-refractivity contribution >= 4 is 5.69 Å². The molecule has 3 nitrogen and oxygen atoms in total. The van der Waals surface area contributed by atoms with Crippen molar-refractivity contribution in [2.75, 3.05) is 18.5 Å². The molecule has 0 aromatic heterocycles. The van der Waals surface area contributed by atoms with Crippen molar-refractivity contribution in [3.8, 4) is 0 Å². The molecule has 1 aliphatic heterocycles. The van der Waals surface area contributed by atoms with Crippen LogP contribution in [-0.4, -0.2) is 30.5 Å². The minimum atomic E-state index is 0.213. The number of benzene rings is 1. The number of ether oxygens (including phenoxy) is 1. The molecule has 1 fully saturated rings. The van der Waals surface area contributed by atoms with Crippen LogP contribution in [-0.2, 0) is 11.2 Å². The van der Waals surface area contributed by atoms with E-state index in [1.807, 2.05) is 0 Å². The van der Waals surface area contributed by atoms with Gasteiger partial charge in [-0.05, 0) is 43.4 Å². The van der Waals surface area contributed by atoms with Crippen LogP contribution in [0.3, 0.4) is 0 Å². The lowest BCUT2D eigenvalue weighted by Crippen LogP contribution is -2.33. The molecular formula is C15H23NO2. The lowest BCUT2D eigenvalue weighted by molar-refractivity contribution is 0.00925. The van der Waals surface area contributed by atoms with Gasteiger partial charge in [-0.15, -0.1) is 0 Å². The van der Waals surface area contributed by atoms with Gasteiger partial charge >= 0.3 is 0 Å². The third-order valence-electron chi connectivity index (χ3n) is 3.55. The van der Waals surface area contributed by atoms with Gasteiger partial charge < -0.3 is 15.2 Å². The average molecular weight is 249 g/mol. The second-order valence-corrected chi connectivity index (χ2v) is 4.94. The Morgan fingerprint density at radius 1 is 1.33 bits per heavy atom. The average Bonchev–Trinajstić information content (AvgIpc) is 2.42. The first kappa shape index (κ1) is 13.4. The van der Waals surface area contributed by atoms with E-state index >= 15 is 0 Å². The predicted octanol–water partition coefficient (Wildman–Crippen LogP) is 2.59. The Morgan fingerprint density at radius 2 is 2.11 bits per heavy atom. The molecule has 2 N–H and O–H groups in total. The lowest BCUT2D eigenvalue weighted by atomic mass is 10.0. The maximum absolute atomic E-state index is 8.88. The summed E-state index contributed by atoms with van der Waals surface area (Å²) in [5, 5.41) is 12.4.